The van der Waals surface area contributed by atoms with E-state index in [4.69, 9.17) is 4.74 Å². The van der Waals surface area contributed by atoms with Gasteiger partial charge < -0.3 is 9.64 Å². The molecule has 0 radical (unpaired) electrons. The third kappa shape index (κ3) is 2.49. The Bertz CT molecular complexity index is 684. The summed E-state index contributed by atoms with van der Waals surface area (Å²) in [5, 5.41) is 0. The maximum Gasteiger partial charge on any atom is 0.164 e. The zero-order chi connectivity index (χ0) is 14.8. The molecule has 0 atom stereocenters. The van der Waals surface area contributed by atoms with Gasteiger partial charge in [0.15, 0.2) is 5.78 Å². The second kappa shape index (κ2) is 5.56. The highest BCUT2D eigenvalue weighted by Crippen LogP contribution is 2.37. The molecule has 0 spiro atoms. The van der Waals surface area contributed by atoms with Gasteiger partial charge in [-0.15, -0.1) is 0 Å². The highest BCUT2D eigenvalue weighted by Gasteiger charge is 2.23. The average molecular weight is 285 g/mol. The number of nitrogens with zero attached hydrogens (tertiary/aromatic N) is 1. The van der Waals surface area contributed by atoms with E-state index in [9.17, 15) is 9.18 Å². The number of ketones is 1. The summed E-state index contributed by atoms with van der Waals surface area (Å²) in [6, 6.07) is 12.4. The van der Waals surface area contributed by atoms with Crippen molar-refractivity contribution in [1.29, 1.82) is 0 Å². The minimum absolute atomic E-state index is 0.134. The molecule has 0 aliphatic carbocycles. The van der Waals surface area contributed by atoms with Crippen molar-refractivity contribution in [3.8, 4) is 5.75 Å². The standard InChI is InChI=1S/C17H16FNO2/c1-12(20)17-13(18)6-4-8-15(17)19-10-5-11-21-16-9-3-2-7-14(16)19/h2-4,6-9H,5,10-11H2,1H3. The van der Waals surface area contributed by atoms with Crippen LogP contribution >= 0.6 is 0 Å². The lowest BCUT2D eigenvalue weighted by molar-refractivity contribution is 0.101. The number of carbonyl (C=O) groups excluding carboxylic acids is 1. The molecule has 3 rings (SSSR count). The zero-order valence-corrected chi connectivity index (χ0v) is 11.8. The maximum absolute atomic E-state index is 14.1. The van der Waals surface area contributed by atoms with Gasteiger partial charge in [0.1, 0.15) is 11.6 Å². The first-order valence-electron chi connectivity index (χ1n) is 6.97. The fourth-order valence-electron chi connectivity index (χ4n) is 2.66. The van der Waals surface area contributed by atoms with Crippen molar-refractivity contribution in [2.75, 3.05) is 18.1 Å². The summed E-state index contributed by atoms with van der Waals surface area (Å²) in [7, 11) is 0. The van der Waals surface area contributed by atoms with Gasteiger partial charge in [-0.3, -0.25) is 4.79 Å². The van der Waals surface area contributed by atoms with Crippen LogP contribution in [0.25, 0.3) is 0 Å². The molecule has 0 bridgehead atoms. The molecular weight excluding hydrogens is 269 g/mol. The molecule has 0 aromatic heterocycles. The summed E-state index contributed by atoms with van der Waals surface area (Å²) in [4.78, 5) is 13.8. The van der Waals surface area contributed by atoms with Crippen LogP contribution in [0.5, 0.6) is 5.75 Å². The van der Waals surface area contributed by atoms with Crippen LogP contribution in [0.15, 0.2) is 42.5 Å². The smallest absolute Gasteiger partial charge is 0.164 e. The summed E-state index contributed by atoms with van der Waals surface area (Å²) >= 11 is 0. The van der Waals surface area contributed by atoms with Crippen LogP contribution in [0.3, 0.4) is 0 Å². The average Bonchev–Trinajstić information content (AvgIpc) is 2.68. The van der Waals surface area contributed by atoms with Crippen molar-refractivity contribution >= 4 is 17.2 Å². The molecule has 0 saturated carbocycles. The summed E-state index contributed by atoms with van der Waals surface area (Å²) in [6.45, 7) is 2.68. The van der Waals surface area contributed by atoms with E-state index in [1.54, 1.807) is 12.1 Å². The van der Waals surface area contributed by atoms with Crippen LogP contribution in [-0.2, 0) is 0 Å². The van der Waals surface area contributed by atoms with Crippen molar-refractivity contribution in [2.45, 2.75) is 13.3 Å². The Hall–Kier alpha value is -2.36. The predicted molar refractivity (Wildman–Crippen MR) is 80.0 cm³/mol. The monoisotopic (exact) mass is 285 g/mol. The molecule has 1 aliphatic heterocycles. The molecule has 1 heterocycles. The quantitative estimate of drug-likeness (QED) is 0.782. The molecule has 0 unspecified atom stereocenters. The summed E-state index contributed by atoms with van der Waals surface area (Å²) < 4.78 is 19.8. The SMILES string of the molecule is CC(=O)c1c(F)cccc1N1CCCOc2ccccc21. The lowest BCUT2D eigenvalue weighted by atomic mass is 10.1. The lowest BCUT2D eigenvalue weighted by Gasteiger charge is -2.25. The van der Waals surface area contributed by atoms with Gasteiger partial charge in [-0.05, 0) is 37.6 Å². The van der Waals surface area contributed by atoms with E-state index in [-0.39, 0.29) is 11.3 Å². The second-order valence-corrected chi connectivity index (χ2v) is 5.01. The van der Waals surface area contributed by atoms with E-state index >= 15 is 0 Å². The topological polar surface area (TPSA) is 29.5 Å². The first kappa shape index (κ1) is 13.6. The molecule has 0 N–H and O–H groups in total. The van der Waals surface area contributed by atoms with E-state index in [2.05, 4.69) is 0 Å². The fraction of sp³-hybridized carbons (Fsp3) is 0.235. The Balaban J connectivity index is 2.17. The number of Topliss-reactive ketones (excluding diaryl/α,β-unsaturated/α-hetero) is 1. The van der Waals surface area contributed by atoms with Gasteiger partial charge in [-0.2, -0.15) is 0 Å². The van der Waals surface area contributed by atoms with Crippen LogP contribution in [0.4, 0.5) is 15.8 Å². The zero-order valence-electron chi connectivity index (χ0n) is 11.8. The van der Waals surface area contributed by atoms with Crippen molar-refractivity contribution < 1.29 is 13.9 Å². The van der Waals surface area contributed by atoms with Gasteiger partial charge in [0.2, 0.25) is 0 Å². The summed E-state index contributed by atoms with van der Waals surface area (Å²) in [5.41, 5.74) is 1.60. The number of carbonyl (C=O) groups is 1. The number of ether oxygens (including phenoxy) is 1. The highest BCUT2D eigenvalue weighted by molar-refractivity contribution is 6.01. The fourth-order valence-corrected chi connectivity index (χ4v) is 2.66. The Morgan fingerprint density at radius 1 is 1.14 bits per heavy atom. The Labute approximate surface area is 123 Å². The number of hydrogen-bond donors (Lipinski definition) is 0. The molecule has 21 heavy (non-hydrogen) atoms. The number of fused-ring (bicyclic) bond motifs is 1. The number of hydrogen-bond acceptors (Lipinski definition) is 3. The first-order valence-corrected chi connectivity index (χ1v) is 6.97. The highest BCUT2D eigenvalue weighted by atomic mass is 19.1. The number of benzene rings is 2. The Morgan fingerprint density at radius 2 is 1.90 bits per heavy atom. The van der Waals surface area contributed by atoms with Gasteiger partial charge in [0, 0.05) is 6.54 Å². The lowest BCUT2D eigenvalue weighted by Crippen LogP contribution is -2.20. The normalized spacial score (nSPS) is 14.1. The molecule has 0 amide bonds. The van der Waals surface area contributed by atoms with Crippen LogP contribution in [0, 0.1) is 5.82 Å². The van der Waals surface area contributed by atoms with Gasteiger partial charge in [-0.25, -0.2) is 4.39 Å². The van der Waals surface area contributed by atoms with Crippen LogP contribution < -0.4 is 9.64 Å². The molecule has 2 aromatic rings. The first-order chi connectivity index (χ1) is 10.2. The van der Waals surface area contributed by atoms with Crippen molar-refractivity contribution in [3.05, 3.63) is 53.8 Å². The molecule has 2 aromatic carbocycles. The molecule has 4 heteroatoms. The molecule has 0 fully saturated rings. The van der Waals surface area contributed by atoms with Crippen molar-refractivity contribution in [2.24, 2.45) is 0 Å². The van der Waals surface area contributed by atoms with Crippen LogP contribution in [0.1, 0.15) is 23.7 Å². The largest absolute Gasteiger partial charge is 0.491 e. The number of para-hydroxylation sites is 2. The minimum atomic E-state index is -0.484. The van der Waals surface area contributed by atoms with E-state index < -0.39 is 5.82 Å². The van der Waals surface area contributed by atoms with Gasteiger partial charge in [0.25, 0.3) is 0 Å². The molecule has 0 saturated heterocycles. The van der Waals surface area contributed by atoms with E-state index in [0.717, 1.165) is 17.9 Å². The van der Waals surface area contributed by atoms with E-state index in [1.165, 1.54) is 13.0 Å². The third-order valence-electron chi connectivity index (χ3n) is 3.57. The van der Waals surface area contributed by atoms with E-state index in [0.29, 0.717) is 18.8 Å². The number of rotatable bonds is 2. The summed E-state index contributed by atoms with van der Waals surface area (Å²) in [6.07, 6.45) is 0.808. The van der Waals surface area contributed by atoms with Gasteiger partial charge >= 0.3 is 0 Å². The van der Waals surface area contributed by atoms with Crippen LogP contribution in [0.2, 0.25) is 0 Å². The predicted octanol–water partition coefficient (Wildman–Crippen LogP) is 3.95. The number of halogens is 1. The molecular formula is C17H16FNO2. The maximum atomic E-state index is 14.1. The third-order valence-corrected chi connectivity index (χ3v) is 3.57. The molecule has 1 aliphatic rings. The number of anilines is 2. The van der Waals surface area contributed by atoms with Crippen LogP contribution in [-0.4, -0.2) is 18.9 Å². The van der Waals surface area contributed by atoms with Gasteiger partial charge in [-0.1, -0.05) is 18.2 Å². The van der Waals surface area contributed by atoms with Crippen molar-refractivity contribution in [1.82, 2.24) is 0 Å². The van der Waals surface area contributed by atoms with E-state index in [1.807, 2.05) is 29.2 Å². The minimum Gasteiger partial charge on any atom is -0.491 e. The second-order valence-electron chi connectivity index (χ2n) is 5.01. The summed E-state index contributed by atoms with van der Waals surface area (Å²) in [5.74, 6) is 0.00200. The molecule has 108 valence electrons. The van der Waals surface area contributed by atoms with Crippen molar-refractivity contribution in [3.63, 3.8) is 0 Å². The Morgan fingerprint density at radius 3 is 2.71 bits per heavy atom. The van der Waals surface area contributed by atoms with Gasteiger partial charge in [0.05, 0.1) is 23.5 Å². The molecule has 3 nitrogen and oxygen atoms in total. The Kier molecular flexibility index (Phi) is 3.60.